The fourth-order valence-electron chi connectivity index (χ4n) is 2.48. The van der Waals surface area contributed by atoms with E-state index < -0.39 is 5.97 Å². The number of phenols is 1. The SMILES string of the molecule is CNC(=O)c1ccc(-c2ccc(S)s2)cc1.COC(=O)CN(N)/C=C(\N)CN.Cc1ccc(O)cc1. The lowest BCUT2D eigenvalue weighted by atomic mass is 10.1. The van der Waals surface area contributed by atoms with E-state index in [9.17, 15) is 9.59 Å². The van der Waals surface area contributed by atoms with E-state index in [1.807, 2.05) is 55.5 Å². The van der Waals surface area contributed by atoms with Gasteiger partial charge in [0.25, 0.3) is 5.91 Å². The van der Waals surface area contributed by atoms with Gasteiger partial charge in [0.1, 0.15) is 12.3 Å². The lowest BCUT2D eigenvalue weighted by Crippen LogP contribution is -2.33. The van der Waals surface area contributed by atoms with Crippen LogP contribution in [-0.2, 0) is 9.53 Å². The molecule has 36 heavy (non-hydrogen) atoms. The molecule has 1 heterocycles. The van der Waals surface area contributed by atoms with Crippen molar-refractivity contribution in [3.05, 3.63) is 83.7 Å². The number of nitrogens with zero attached hydrogens (tertiary/aromatic N) is 1. The third kappa shape index (κ3) is 11.8. The van der Waals surface area contributed by atoms with Gasteiger partial charge < -0.3 is 31.6 Å². The average molecular weight is 532 g/mol. The summed E-state index contributed by atoms with van der Waals surface area (Å²) in [6.45, 7) is 2.14. The van der Waals surface area contributed by atoms with E-state index in [-0.39, 0.29) is 19.0 Å². The molecule has 194 valence electrons. The molecule has 0 aliphatic heterocycles. The van der Waals surface area contributed by atoms with Gasteiger partial charge in [0.15, 0.2) is 0 Å². The van der Waals surface area contributed by atoms with Gasteiger partial charge in [-0.2, -0.15) is 0 Å². The van der Waals surface area contributed by atoms with Crippen LogP contribution in [0.4, 0.5) is 0 Å². The molecule has 0 aliphatic rings. The normalized spacial score (nSPS) is 10.2. The maximum absolute atomic E-state index is 11.3. The van der Waals surface area contributed by atoms with E-state index in [1.165, 1.54) is 18.9 Å². The lowest BCUT2D eigenvalue weighted by molar-refractivity contribution is -0.141. The Hall–Kier alpha value is -3.51. The van der Waals surface area contributed by atoms with Crippen LogP contribution in [0.1, 0.15) is 15.9 Å². The molecule has 0 unspecified atom stereocenters. The first-order chi connectivity index (χ1) is 17.1. The van der Waals surface area contributed by atoms with Crippen molar-refractivity contribution in [3.8, 4) is 16.2 Å². The number of benzene rings is 2. The number of rotatable bonds is 6. The van der Waals surface area contributed by atoms with Crippen LogP contribution in [0.5, 0.6) is 5.75 Å². The summed E-state index contributed by atoms with van der Waals surface area (Å²) in [4.78, 5) is 23.2. The fraction of sp³-hybridized carbons (Fsp3) is 0.200. The molecule has 11 heteroatoms. The largest absolute Gasteiger partial charge is 0.508 e. The second-order valence-electron chi connectivity index (χ2n) is 7.29. The highest BCUT2D eigenvalue weighted by Gasteiger charge is 2.05. The molecule has 2 aromatic carbocycles. The number of ether oxygens (including phenoxy) is 1. The van der Waals surface area contributed by atoms with Crippen molar-refractivity contribution in [1.82, 2.24) is 10.3 Å². The highest BCUT2D eigenvalue weighted by Crippen LogP contribution is 2.29. The molecule has 3 aromatic rings. The molecule has 1 amide bonds. The number of esters is 1. The quantitative estimate of drug-likeness (QED) is 0.123. The highest BCUT2D eigenvalue weighted by molar-refractivity contribution is 7.83. The number of phenolic OH excluding ortho intramolecular Hbond substituents is 1. The van der Waals surface area contributed by atoms with E-state index in [0.29, 0.717) is 17.0 Å². The maximum Gasteiger partial charge on any atom is 0.326 e. The number of hydrazine groups is 1. The monoisotopic (exact) mass is 531 g/mol. The van der Waals surface area contributed by atoms with Crippen LogP contribution < -0.4 is 22.6 Å². The summed E-state index contributed by atoms with van der Waals surface area (Å²) < 4.78 is 5.37. The Bertz CT molecular complexity index is 1100. The van der Waals surface area contributed by atoms with Gasteiger partial charge in [0.2, 0.25) is 0 Å². The molecule has 0 spiro atoms. The molecule has 1 aromatic heterocycles. The Labute approximate surface area is 220 Å². The zero-order valence-electron chi connectivity index (χ0n) is 20.5. The minimum Gasteiger partial charge on any atom is -0.508 e. The minimum absolute atomic E-state index is 0.0444. The summed E-state index contributed by atoms with van der Waals surface area (Å²) in [5.74, 6) is 5.18. The number of nitrogens with two attached hydrogens (primary N) is 3. The summed E-state index contributed by atoms with van der Waals surface area (Å²) in [6, 6.07) is 18.6. The van der Waals surface area contributed by atoms with E-state index in [4.69, 9.17) is 22.4 Å². The first-order valence-corrected chi connectivity index (χ1v) is 12.0. The van der Waals surface area contributed by atoms with Gasteiger partial charge in [-0.1, -0.05) is 29.8 Å². The Kier molecular flexibility index (Phi) is 13.7. The van der Waals surface area contributed by atoms with Crippen LogP contribution in [0.25, 0.3) is 10.4 Å². The van der Waals surface area contributed by atoms with Crippen LogP contribution in [0.2, 0.25) is 0 Å². The Morgan fingerprint density at radius 3 is 2.17 bits per heavy atom. The maximum atomic E-state index is 11.3. The van der Waals surface area contributed by atoms with E-state index >= 15 is 0 Å². The topological polar surface area (TPSA) is 157 Å². The molecule has 0 aliphatic carbocycles. The number of amides is 1. The predicted molar refractivity (Wildman–Crippen MR) is 147 cm³/mol. The summed E-state index contributed by atoms with van der Waals surface area (Å²) >= 11 is 5.90. The molecule has 3 rings (SSSR count). The summed E-state index contributed by atoms with van der Waals surface area (Å²) in [6.07, 6.45) is 1.39. The number of nitrogens with one attached hydrogen (secondary N) is 1. The zero-order chi connectivity index (χ0) is 27.1. The van der Waals surface area contributed by atoms with Crippen LogP contribution in [0.15, 0.2) is 76.8 Å². The summed E-state index contributed by atoms with van der Waals surface area (Å²) in [5, 5.41) is 12.5. The van der Waals surface area contributed by atoms with Crippen LogP contribution in [-0.4, -0.2) is 49.2 Å². The molecule has 0 atom stereocenters. The second-order valence-corrected chi connectivity index (χ2v) is 9.15. The number of carbonyl (C=O) groups is 2. The fourth-order valence-corrected chi connectivity index (χ4v) is 3.60. The minimum atomic E-state index is -0.432. The average Bonchev–Trinajstić information content (AvgIpc) is 3.32. The summed E-state index contributed by atoms with van der Waals surface area (Å²) in [7, 11) is 2.91. The van der Waals surface area contributed by atoms with Crippen molar-refractivity contribution in [3.63, 3.8) is 0 Å². The van der Waals surface area contributed by atoms with E-state index in [1.54, 1.807) is 30.5 Å². The second kappa shape index (κ2) is 16.2. The van der Waals surface area contributed by atoms with Crippen molar-refractivity contribution in [2.24, 2.45) is 17.3 Å². The van der Waals surface area contributed by atoms with Gasteiger partial charge in [-0.25, -0.2) is 5.84 Å². The number of aromatic hydroxyl groups is 1. The van der Waals surface area contributed by atoms with Crippen molar-refractivity contribution < 1.29 is 19.4 Å². The zero-order valence-corrected chi connectivity index (χ0v) is 22.2. The van der Waals surface area contributed by atoms with Gasteiger partial charge in [0.05, 0.1) is 11.3 Å². The van der Waals surface area contributed by atoms with Gasteiger partial charge in [-0.05, 0) is 48.9 Å². The van der Waals surface area contributed by atoms with Crippen molar-refractivity contribution >= 4 is 35.8 Å². The van der Waals surface area contributed by atoms with Gasteiger partial charge in [-0.3, -0.25) is 9.59 Å². The number of hydrogen-bond donors (Lipinski definition) is 6. The van der Waals surface area contributed by atoms with Crippen LogP contribution in [0.3, 0.4) is 0 Å². The van der Waals surface area contributed by atoms with E-state index in [2.05, 4.69) is 22.7 Å². The van der Waals surface area contributed by atoms with Gasteiger partial charge in [0, 0.05) is 35.9 Å². The number of hydrogen-bond acceptors (Lipinski definition) is 10. The van der Waals surface area contributed by atoms with Crippen LogP contribution >= 0.6 is 24.0 Å². The molecule has 0 saturated heterocycles. The Morgan fingerprint density at radius 2 is 1.72 bits per heavy atom. The van der Waals surface area contributed by atoms with Crippen LogP contribution in [0, 0.1) is 6.92 Å². The number of thiophene rings is 1. The van der Waals surface area contributed by atoms with E-state index in [0.717, 1.165) is 19.7 Å². The molecule has 9 nitrogen and oxygen atoms in total. The van der Waals surface area contributed by atoms with Crippen molar-refractivity contribution in [2.75, 3.05) is 27.2 Å². The lowest BCUT2D eigenvalue weighted by Gasteiger charge is -2.12. The third-order valence-electron chi connectivity index (χ3n) is 4.39. The first kappa shape index (κ1) is 30.5. The molecule has 0 saturated carbocycles. The first-order valence-electron chi connectivity index (χ1n) is 10.7. The Morgan fingerprint density at radius 1 is 1.11 bits per heavy atom. The molecule has 0 bridgehead atoms. The number of aryl methyl sites for hydroxylation is 1. The standard InChI is InChI=1S/C12H11NOS2.C7H8O.C6H14N4O2/c1-13-12(14)9-4-2-8(3-5-9)10-6-7-11(15)16-10;1-6-2-4-7(8)5-3-6;1-12-6(11)4-10(9)3-5(8)2-7/h2-7,15H,1H3,(H,13,14);2-5,8H,1H3;3H,2,4,7-9H2,1H3/b;;5-3-. The third-order valence-corrected chi connectivity index (χ3v) is 5.75. The van der Waals surface area contributed by atoms with Gasteiger partial charge >= 0.3 is 5.97 Å². The molecule has 0 fully saturated rings. The Balaban J connectivity index is 0.000000287. The molecular weight excluding hydrogens is 498 g/mol. The number of carbonyl (C=O) groups excluding carboxylic acids is 2. The van der Waals surface area contributed by atoms with Gasteiger partial charge in [-0.15, -0.1) is 24.0 Å². The number of methoxy groups -OCH3 is 1. The highest BCUT2D eigenvalue weighted by atomic mass is 32.2. The molecule has 8 N–H and O–H groups in total. The predicted octanol–water partition coefficient (Wildman–Crippen LogP) is 2.86. The van der Waals surface area contributed by atoms with Crippen molar-refractivity contribution in [1.29, 1.82) is 0 Å². The number of thiol groups is 1. The van der Waals surface area contributed by atoms with Crippen molar-refractivity contribution in [2.45, 2.75) is 11.1 Å². The summed E-state index contributed by atoms with van der Waals surface area (Å²) in [5.41, 5.74) is 13.9. The smallest absolute Gasteiger partial charge is 0.326 e. The molecule has 0 radical (unpaired) electrons. The molecular formula is C25H33N5O4S2.